The SMILES string of the molecule is CCNC(=NCc1ccccc1CN1CCCC1=O)N1CCS(=O)(=O)C(C)(C)C1.I. The van der Waals surface area contributed by atoms with Crippen LogP contribution in [-0.4, -0.2) is 66.8 Å². The smallest absolute Gasteiger partial charge is 0.222 e. The van der Waals surface area contributed by atoms with E-state index in [0.717, 1.165) is 30.1 Å². The Balaban J connectivity index is 0.00000320. The van der Waals surface area contributed by atoms with Gasteiger partial charge < -0.3 is 15.1 Å². The van der Waals surface area contributed by atoms with E-state index in [4.69, 9.17) is 4.99 Å². The Morgan fingerprint density at radius 3 is 2.50 bits per heavy atom. The van der Waals surface area contributed by atoms with E-state index < -0.39 is 14.6 Å². The minimum atomic E-state index is -3.10. The molecule has 0 aliphatic carbocycles. The van der Waals surface area contributed by atoms with Crippen LogP contribution >= 0.6 is 24.0 Å². The number of nitrogens with one attached hydrogen (secondary N) is 1. The maximum Gasteiger partial charge on any atom is 0.222 e. The van der Waals surface area contributed by atoms with Gasteiger partial charge >= 0.3 is 0 Å². The van der Waals surface area contributed by atoms with Gasteiger partial charge in [0, 0.05) is 39.1 Å². The number of guanidine groups is 1. The second-order valence-corrected chi connectivity index (χ2v) is 11.1. The Labute approximate surface area is 197 Å². The number of amides is 1. The lowest BCUT2D eigenvalue weighted by Gasteiger charge is -2.39. The summed E-state index contributed by atoms with van der Waals surface area (Å²) >= 11 is 0. The summed E-state index contributed by atoms with van der Waals surface area (Å²) in [6.45, 7) is 9.07. The molecule has 0 radical (unpaired) electrons. The Kier molecular flexibility index (Phi) is 8.55. The van der Waals surface area contributed by atoms with Crippen molar-refractivity contribution in [3.05, 3.63) is 35.4 Å². The summed E-state index contributed by atoms with van der Waals surface area (Å²) in [6.07, 6.45) is 1.57. The third-order valence-electron chi connectivity index (χ3n) is 5.73. The normalized spacial score (nSPS) is 20.8. The fourth-order valence-corrected chi connectivity index (χ4v) is 5.22. The number of carbonyl (C=O) groups is 1. The number of halogens is 1. The van der Waals surface area contributed by atoms with E-state index in [-0.39, 0.29) is 35.6 Å². The largest absolute Gasteiger partial charge is 0.357 e. The van der Waals surface area contributed by atoms with Crippen molar-refractivity contribution in [2.45, 2.75) is 51.4 Å². The molecule has 0 unspecified atom stereocenters. The maximum absolute atomic E-state index is 12.3. The second-order valence-electron chi connectivity index (χ2n) is 8.36. The summed E-state index contributed by atoms with van der Waals surface area (Å²) in [7, 11) is -3.10. The highest BCUT2D eigenvalue weighted by atomic mass is 127. The molecule has 0 atom stereocenters. The molecule has 7 nitrogen and oxygen atoms in total. The first-order valence-electron chi connectivity index (χ1n) is 10.3. The number of hydrogen-bond donors (Lipinski definition) is 1. The number of carbonyl (C=O) groups excluding carboxylic acids is 1. The van der Waals surface area contributed by atoms with Crippen LogP contribution in [0.3, 0.4) is 0 Å². The van der Waals surface area contributed by atoms with Crippen molar-refractivity contribution in [3.63, 3.8) is 0 Å². The lowest BCUT2D eigenvalue weighted by molar-refractivity contribution is -0.128. The fourth-order valence-electron chi connectivity index (χ4n) is 3.85. The first-order chi connectivity index (χ1) is 13.7. The van der Waals surface area contributed by atoms with Gasteiger partial charge in [0.1, 0.15) is 0 Å². The third kappa shape index (κ3) is 5.66. The first kappa shape index (κ1) is 24.9. The van der Waals surface area contributed by atoms with Crippen LogP contribution in [0.25, 0.3) is 0 Å². The van der Waals surface area contributed by atoms with Gasteiger partial charge in [-0.2, -0.15) is 0 Å². The van der Waals surface area contributed by atoms with Crippen LogP contribution in [0.15, 0.2) is 29.3 Å². The predicted molar refractivity (Wildman–Crippen MR) is 131 cm³/mol. The molecule has 2 saturated heterocycles. The minimum absolute atomic E-state index is 0. The van der Waals surface area contributed by atoms with Crippen LogP contribution in [-0.2, 0) is 27.7 Å². The van der Waals surface area contributed by atoms with E-state index in [9.17, 15) is 13.2 Å². The van der Waals surface area contributed by atoms with Crippen LogP contribution in [0, 0.1) is 0 Å². The standard InChI is InChI=1S/C21H32N4O3S.HI/c1-4-22-20(25-12-13-29(27,28)21(2,3)16-25)23-14-17-8-5-6-9-18(17)15-24-11-7-10-19(24)26;/h5-6,8-9H,4,7,10-16H2,1-3H3,(H,22,23);1H. The highest BCUT2D eigenvalue weighted by molar-refractivity contribution is 14.0. The molecule has 30 heavy (non-hydrogen) atoms. The third-order valence-corrected chi connectivity index (χ3v) is 8.26. The second kappa shape index (κ2) is 10.3. The van der Waals surface area contributed by atoms with Crippen LogP contribution in [0.4, 0.5) is 0 Å². The molecular formula is C21H33IN4O3S. The lowest BCUT2D eigenvalue weighted by atomic mass is 10.1. The molecule has 0 spiro atoms. The van der Waals surface area contributed by atoms with E-state index >= 15 is 0 Å². The van der Waals surface area contributed by atoms with Gasteiger partial charge in [-0.1, -0.05) is 24.3 Å². The topological polar surface area (TPSA) is 82.1 Å². The van der Waals surface area contributed by atoms with Crippen LogP contribution in [0.5, 0.6) is 0 Å². The molecule has 9 heteroatoms. The zero-order valence-corrected chi connectivity index (χ0v) is 21.2. The fraction of sp³-hybridized carbons (Fsp3) is 0.619. The average Bonchev–Trinajstić information content (AvgIpc) is 3.07. The van der Waals surface area contributed by atoms with Crippen molar-refractivity contribution < 1.29 is 13.2 Å². The molecule has 0 saturated carbocycles. The van der Waals surface area contributed by atoms with E-state index in [1.165, 1.54) is 0 Å². The molecule has 3 rings (SSSR count). The summed E-state index contributed by atoms with van der Waals surface area (Å²) in [5.74, 6) is 1.09. The summed E-state index contributed by atoms with van der Waals surface area (Å²) in [5, 5.41) is 3.30. The minimum Gasteiger partial charge on any atom is -0.357 e. The Bertz CT molecular complexity index is 886. The molecule has 2 fully saturated rings. The lowest BCUT2D eigenvalue weighted by Crippen LogP contribution is -2.57. The van der Waals surface area contributed by atoms with Crippen LogP contribution < -0.4 is 5.32 Å². The van der Waals surface area contributed by atoms with Gasteiger partial charge in [0.2, 0.25) is 5.91 Å². The van der Waals surface area contributed by atoms with Crippen molar-refractivity contribution >= 4 is 45.7 Å². The predicted octanol–water partition coefficient (Wildman–Crippen LogP) is 2.40. The summed E-state index contributed by atoms with van der Waals surface area (Å²) in [6, 6.07) is 8.09. The van der Waals surface area contributed by atoms with Gasteiger partial charge in [-0.05, 0) is 38.3 Å². The van der Waals surface area contributed by atoms with Crippen molar-refractivity contribution in [1.29, 1.82) is 0 Å². The number of aliphatic imine (C=N–C) groups is 1. The number of sulfone groups is 1. The van der Waals surface area contributed by atoms with Gasteiger partial charge in [0.05, 0.1) is 17.0 Å². The molecule has 1 aromatic rings. The average molecular weight is 548 g/mol. The number of likely N-dealkylation sites (tertiary alicyclic amines) is 1. The summed E-state index contributed by atoms with van der Waals surface area (Å²) in [4.78, 5) is 20.7. The number of hydrogen-bond acceptors (Lipinski definition) is 4. The van der Waals surface area contributed by atoms with Crippen molar-refractivity contribution in [1.82, 2.24) is 15.1 Å². The van der Waals surface area contributed by atoms with E-state index in [1.54, 1.807) is 13.8 Å². The monoisotopic (exact) mass is 548 g/mol. The Morgan fingerprint density at radius 2 is 1.90 bits per heavy atom. The Hall–Kier alpha value is -1.36. The molecule has 1 N–H and O–H groups in total. The first-order valence-corrected chi connectivity index (χ1v) is 12.0. The Morgan fingerprint density at radius 1 is 1.20 bits per heavy atom. The molecular weight excluding hydrogens is 515 g/mol. The van der Waals surface area contributed by atoms with E-state index in [0.29, 0.717) is 39.1 Å². The van der Waals surface area contributed by atoms with E-state index in [1.807, 2.05) is 34.9 Å². The summed E-state index contributed by atoms with van der Waals surface area (Å²) < 4.78 is 23.9. The van der Waals surface area contributed by atoms with Gasteiger partial charge in [-0.15, -0.1) is 24.0 Å². The van der Waals surface area contributed by atoms with Crippen molar-refractivity contribution in [2.75, 3.05) is 31.9 Å². The van der Waals surface area contributed by atoms with Crippen LogP contribution in [0.1, 0.15) is 44.7 Å². The molecule has 2 aliphatic heterocycles. The molecule has 2 aliphatic rings. The van der Waals surface area contributed by atoms with Gasteiger partial charge in [-0.3, -0.25) is 4.79 Å². The van der Waals surface area contributed by atoms with Crippen molar-refractivity contribution in [2.24, 2.45) is 4.99 Å². The molecule has 168 valence electrons. The molecule has 0 aromatic heterocycles. The zero-order valence-electron chi connectivity index (χ0n) is 18.1. The van der Waals surface area contributed by atoms with Gasteiger partial charge in [0.15, 0.2) is 15.8 Å². The number of rotatable bonds is 5. The highest BCUT2D eigenvalue weighted by Crippen LogP contribution is 2.24. The van der Waals surface area contributed by atoms with Crippen molar-refractivity contribution in [3.8, 4) is 0 Å². The highest BCUT2D eigenvalue weighted by Gasteiger charge is 2.41. The molecule has 1 amide bonds. The van der Waals surface area contributed by atoms with Gasteiger partial charge in [0.25, 0.3) is 0 Å². The number of benzene rings is 1. The maximum atomic E-state index is 12.3. The van der Waals surface area contributed by atoms with E-state index in [2.05, 4.69) is 11.4 Å². The van der Waals surface area contributed by atoms with Gasteiger partial charge in [-0.25, -0.2) is 13.4 Å². The molecule has 1 aromatic carbocycles. The molecule has 2 heterocycles. The molecule has 0 bridgehead atoms. The summed E-state index contributed by atoms with van der Waals surface area (Å²) in [5.41, 5.74) is 2.20. The quantitative estimate of drug-likeness (QED) is 0.347. The van der Waals surface area contributed by atoms with Crippen LogP contribution in [0.2, 0.25) is 0 Å². The number of nitrogens with zero attached hydrogens (tertiary/aromatic N) is 3. The zero-order chi connectivity index (χ0) is 21.1.